The lowest BCUT2D eigenvalue weighted by Crippen LogP contribution is -2.14. The summed E-state index contributed by atoms with van der Waals surface area (Å²) in [6.07, 6.45) is 0. The summed E-state index contributed by atoms with van der Waals surface area (Å²) < 4.78 is 32.5. The molecule has 0 radical (unpaired) electrons. The molecule has 138 valence electrons. The first kappa shape index (κ1) is 18.1. The number of hydrogen-bond donors (Lipinski definition) is 0. The first-order chi connectivity index (χ1) is 12.9. The van der Waals surface area contributed by atoms with Crippen LogP contribution in [0.5, 0.6) is 0 Å². The first-order valence-electron chi connectivity index (χ1n) is 7.97. The molecule has 0 spiro atoms. The number of imidazole rings is 1. The van der Waals surface area contributed by atoms with Crippen LogP contribution in [-0.2, 0) is 10.0 Å². The van der Waals surface area contributed by atoms with Crippen molar-refractivity contribution < 1.29 is 12.9 Å². The second-order valence-electron chi connectivity index (χ2n) is 5.87. The summed E-state index contributed by atoms with van der Waals surface area (Å²) in [5.41, 5.74) is 1.17. The van der Waals surface area contributed by atoms with E-state index in [-0.39, 0.29) is 21.6 Å². The minimum Gasteiger partial charge on any atom is -0.360 e. The fraction of sp³-hybridized carbons (Fsp3) is 0.111. The molecule has 0 fully saturated rings. The van der Waals surface area contributed by atoms with Gasteiger partial charge in [0.05, 0.1) is 11.0 Å². The molecule has 2 heterocycles. The second kappa shape index (κ2) is 6.70. The molecule has 4 rings (SSSR count). The minimum atomic E-state index is -4.00. The van der Waals surface area contributed by atoms with Crippen molar-refractivity contribution in [3.63, 3.8) is 0 Å². The maximum atomic E-state index is 13.2. The van der Waals surface area contributed by atoms with E-state index in [2.05, 4.69) is 10.1 Å². The molecular formula is C18H14ClN3O3S2. The highest BCUT2D eigenvalue weighted by molar-refractivity contribution is 7.99. The summed E-state index contributed by atoms with van der Waals surface area (Å²) in [7, 11) is -4.00. The quantitative estimate of drug-likeness (QED) is 0.477. The molecule has 6 nitrogen and oxygen atoms in total. The Labute approximate surface area is 165 Å². The van der Waals surface area contributed by atoms with Gasteiger partial charge in [-0.2, -0.15) is 0 Å². The Morgan fingerprint density at radius 2 is 1.81 bits per heavy atom. The van der Waals surface area contributed by atoms with Crippen molar-refractivity contribution in [1.29, 1.82) is 0 Å². The Kier molecular flexibility index (Phi) is 4.49. The van der Waals surface area contributed by atoms with E-state index >= 15 is 0 Å². The monoisotopic (exact) mass is 419 g/mol. The summed E-state index contributed by atoms with van der Waals surface area (Å²) in [5, 5.41) is 3.61. The van der Waals surface area contributed by atoms with E-state index in [0.717, 1.165) is 13.8 Å². The van der Waals surface area contributed by atoms with Gasteiger partial charge in [0.1, 0.15) is 5.69 Å². The van der Waals surface area contributed by atoms with Gasteiger partial charge in [-0.25, -0.2) is 17.4 Å². The molecule has 4 aromatic rings. The van der Waals surface area contributed by atoms with Gasteiger partial charge in [-0.1, -0.05) is 35.1 Å². The van der Waals surface area contributed by atoms with Gasteiger partial charge in [-0.15, -0.1) is 0 Å². The fourth-order valence-electron chi connectivity index (χ4n) is 2.86. The Hall–Kier alpha value is -2.29. The third-order valence-electron chi connectivity index (χ3n) is 3.99. The van der Waals surface area contributed by atoms with Crippen LogP contribution in [-0.4, -0.2) is 22.5 Å². The molecule has 0 amide bonds. The first-order valence-corrected chi connectivity index (χ1v) is 10.6. The van der Waals surface area contributed by atoms with Crippen molar-refractivity contribution in [1.82, 2.24) is 14.1 Å². The van der Waals surface area contributed by atoms with Crippen LogP contribution in [0.25, 0.3) is 11.0 Å². The van der Waals surface area contributed by atoms with Gasteiger partial charge in [0.15, 0.2) is 10.7 Å². The predicted molar refractivity (Wildman–Crippen MR) is 104 cm³/mol. The van der Waals surface area contributed by atoms with Gasteiger partial charge in [0.2, 0.25) is 5.28 Å². The number of rotatable bonds is 4. The number of fused-ring (bicyclic) bond motifs is 1. The lowest BCUT2D eigenvalue weighted by Gasteiger charge is -2.08. The summed E-state index contributed by atoms with van der Waals surface area (Å²) in [6, 6.07) is 15.2. The van der Waals surface area contributed by atoms with Crippen LogP contribution < -0.4 is 0 Å². The highest BCUT2D eigenvalue weighted by Crippen LogP contribution is 2.33. The van der Waals surface area contributed by atoms with Crippen LogP contribution in [0.15, 0.2) is 67.7 Å². The van der Waals surface area contributed by atoms with Gasteiger partial charge in [-0.05, 0) is 55.8 Å². The van der Waals surface area contributed by atoms with Crippen molar-refractivity contribution in [2.75, 3.05) is 0 Å². The molecular weight excluding hydrogens is 406 g/mol. The van der Waals surface area contributed by atoms with E-state index in [1.807, 2.05) is 36.4 Å². The number of aryl methyl sites for hydroxylation is 2. The average Bonchev–Trinajstić information content (AvgIpc) is 3.14. The summed E-state index contributed by atoms with van der Waals surface area (Å²) in [6.45, 7) is 3.13. The van der Waals surface area contributed by atoms with Crippen LogP contribution in [0, 0.1) is 13.8 Å². The summed E-state index contributed by atoms with van der Waals surface area (Å²) in [4.78, 5) is 6.11. The van der Waals surface area contributed by atoms with Crippen molar-refractivity contribution in [2.24, 2.45) is 0 Å². The predicted octanol–water partition coefficient (Wildman–Crippen LogP) is 4.68. The number of halogens is 1. The number of aromatic nitrogens is 3. The topological polar surface area (TPSA) is 78.0 Å². The number of nitrogens with zero attached hydrogens (tertiary/aromatic N) is 3. The molecule has 0 aliphatic carbocycles. The largest absolute Gasteiger partial charge is 0.360 e. The Balaban J connectivity index is 1.88. The standard InChI is InChI=1S/C18H14ClN3O3S2/c1-11-17(12(2)25-21-11)27(23,24)22-16-10-14(8-9-15(16)20-18(22)19)26-13-6-4-3-5-7-13/h3-10H,1-2H3. The van der Waals surface area contributed by atoms with E-state index in [1.165, 1.54) is 11.8 Å². The van der Waals surface area contributed by atoms with Gasteiger partial charge in [-0.3, -0.25) is 0 Å². The summed E-state index contributed by atoms with van der Waals surface area (Å²) in [5.74, 6) is 0.209. The lowest BCUT2D eigenvalue weighted by atomic mass is 10.3. The zero-order chi connectivity index (χ0) is 19.2. The second-order valence-corrected chi connectivity index (χ2v) is 9.08. The van der Waals surface area contributed by atoms with E-state index in [4.69, 9.17) is 16.1 Å². The molecule has 2 aromatic carbocycles. The third-order valence-corrected chi connectivity index (χ3v) is 7.29. The maximum absolute atomic E-state index is 13.2. The average molecular weight is 420 g/mol. The van der Waals surface area contributed by atoms with Crippen LogP contribution in [0.3, 0.4) is 0 Å². The molecule has 0 unspecified atom stereocenters. The highest BCUT2D eigenvalue weighted by Gasteiger charge is 2.30. The Morgan fingerprint density at radius 3 is 2.48 bits per heavy atom. The third kappa shape index (κ3) is 3.13. The number of benzene rings is 2. The zero-order valence-electron chi connectivity index (χ0n) is 14.4. The van der Waals surface area contributed by atoms with Gasteiger partial charge in [0, 0.05) is 9.79 Å². The molecule has 0 aliphatic heterocycles. The van der Waals surface area contributed by atoms with Crippen molar-refractivity contribution in [3.8, 4) is 0 Å². The minimum absolute atomic E-state index is 0.00446. The van der Waals surface area contributed by atoms with Gasteiger partial charge >= 0.3 is 0 Å². The highest BCUT2D eigenvalue weighted by atomic mass is 35.5. The zero-order valence-corrected chi connectivity index (χ0v) is 16.8. The van der Waals surface area contributed by atoms with Crippen molar-refractivity contribution >= 4 is 44.4 Å². The Morgan fingerprint density at radius 1 is 1.07 bits per heavy atom. The van der Waals surface area contributed by atoms with Crippen molar-refractivity contribution in [2.45, 2.75) is 28.5 Å². The van der Waals surface area contributed by atoms with E-state index in [1.54, 1.807) is 26.0 Å². The fourth-order valence-corrected chi connectivity index (χ4v) is 5.82. The molecule has 0 saturated heterocycles. The smallest absolute Gasteiger partial charge is 0.276 e. The van der Waals surface area contributed by atoms with Crippen LogP contribution in [0.1, 0.15) is 11.5 Å². The lowest BCUT2D eigenvalue weighted by molar-refractivity contribution is 0.390. The molecule has 9 heteroatoms. The molecule has 0 bridgehead atoms. The van der Waals surface area contributed by atoms with Gasteiger partial charge < -0.3 is 4.52 Å². The molecule has 0 atom stereocenters. The van der Waals surface area contributed by atoms with E-state index in [9.17, 15) is 8.42 Å². The SMILES string of the molecule is Cc1noc(C)c1S(=O)(=O)n1c(Cl)nc2ccc(Sc3ccccc3)cc21. The van der Waals surface area contributed by atoms with E-state index < -0.39 is 10.0 Å². The maximum Gasteiger partial charge on any atom is 0.276 e. The molecule has 27 heavy (non-hydrogen) atoms. The summed E-state index contributed by atoms with van der Waals surface area (Å²) >= 11 is 7.73. The molecule has 0 aliphatic rings. The molecule has 0 N–H and O–H groups in total. The normalized spacial score (nSPS) is 12.0. The molecule has 2 aromatic heterocycles. The number of hydrogen-bond acceptors (Lipinski definition) is 6. The van der Waals surface area contributed by atoms with Crippen LogP contribution in [0.2, 0.25) is 5.28 Å². The Bertz CT molecular complexity index is 1230. The molecule has 0 saturated carbocycles. The van der Waals surface area contributed by atoms with Crippen molar-refractivity contribution in [3.05, 3.63) is 65.3 Å². The van der Waals surface area contributed by atoms with Gasteiger partial charge in [0.25, 0.3) is 10.0 Å². The van der Waals surface area contributed by atoms with Crippen LogP contribution in [0.4, 0.5) is 0 Å². The van der Waals surface area contributed by atoms with E-state index in [0.29, 0.717) is 11.0 Å². The van der Waals surface area contributed by atoms with Crippen LogP contribution >= 0.6 is 23.4 Å².